The maximum atomic E-state index is 10.1. The molecule has 112 valence electrons. The molecule has 3 nitrogen and oxygen atoms in total. The molecule has 1 fully saturated rings. The molecule has 3 N–H and O–H groups in total. The highest BCUT2D eigenvalue weighted by Gasteiger charge is 2.26. The second-order valence-electron chi connectivity index (χ2n) is 5.68. The number of aromatic hydroxyl groups is 1. The number of piperidine rings is 1. The lowest BCUT2D eigenvalue weighted by Gasteiger charge is -2.37. The zero-order valence-electron chi connectivity index (χ0n) is 12.2. The molecule has 0 amide bonds. The molecule has 0 aromatic heterocycles. The Labute approximate surface area is 130 Å². The summed E-state index contributed by atoms with van der Waals surface area (Å²) in [5.74, 6) is 1.19. The van der Waals surface area contributed by atoms with Crippen molar-refractivity contribution in [1.29, 1.82) is 0 Å². The zero-order valence-corrected chi connectivity index (χ0v) is 13.8. The molecule has 1 aliphatic heterocycles. The van der Waals surface area contributed by atoms with Crippen molar-refractivity contribution in [3.05, 3.63) is 28.2 Å². The van der Waals surface area contributed by atoms with Gasteiger partial charge in [-0.2, -0.15) is 0 Å². The number of phenolic OH excluding ortho intramolecular Hbond substituents is 1. The summed E-state index contributed by atoms with van der Waals surface area (Å²) in [4.78, 5) is 2.51. The molecule has 0 bridgehead atoms. The molecule has 0 spiro atoms. The first-order valence-corrected chi connectivity index (χ1v) is 8.37. The Hall–Kier alpha value is -0.580. The van der Waals surface area contributed by atoms with E-state index in [1.807, 2.05) is 6.07 Å². The number of benzene rings is 1. The van der Waals surface area contributed by atoms with Gasteiger partial charge in [-0.1, -0.05) is 22.9 Å². The van der Waals surface area contributed by atoms with Crippen LogP contribution in [0.2, 0.25) is 0 Å². The fourth-order valence-electron chi connectivity index (χ4n) is 3.26. The summed E-state index contributed by atoms with van der Waals surface area (Å²) < 4.78 is 1.03. The smallest absolute Gasteiger partial charge is 0.120 e. The topological polar surface area (TPSA) is 49.5 Å². The molecule has 1 heterocycles. The van der Waals surface area contributed by atoms with Gasteiger partial charge >= 0.3 is 0 Å². The Bertz CT molecular complexity index is 430. The molecular formula is C16H25BrN2O. The minimum Gasteiger partial charge on any atom is -0.508 e. The molecule has 20 heavy (non-hydrogen) atoms. The van der Waals surface area contributed by atoms with Gasteiger partial charge in [0.25, 0.3) is 0 Å². The van der Waals surface area contributed by atoms with Gasteiger partial charge in [-0.05, 0) is 69.4 Å². The lowest BCUT2D eigenvalue weighted by molar-refractivity contribution is 0.125. The van der Waals surface area contributed by atoms with Crippen molar-refractivity contribution in [1.82, 2.24) is 4.90 Å². The number of phenols is 1. The van der Waals surface area contributed by atoms with E-state index in [1.165, 1.54) is 12.8 Å². The van der Waals surface area contributed by atoms with Crippen LogP contribution >= 0.6 is 15.9 Å². The van der Waals surface area contributed by atoms with Gasteiger partial charge in [-0.3, -0.25) is 4.90 Å². The average molecular weight is 341 g/mol. The molecule has 2 rings (SSSR count). The first kappa shape index (κ1) is 15.8. The van der Waals surface area contributed by atoms with Gasteiger partial charge < -0.3 is 10.8 Å². The SMILES string of the molecule is CCC(c1cc(Br)ccc1O)N1CCC(CCN)CC1. The van der Waals surface area contributed by atoms with Crippen molar-refractivity contribution < 1.29 is 5.11 Å². The molecule has 0 aliphatic carbocycles. The Morgan fingerprint density at radius 2 is 2.10 bits per heavy atom. The van der Waals surface area contributed by atoms with Gasteiger partial charge in [0, 0.05) is 16.1 Å². The Balaban J connectivity index is 2.07. The Morgan fingerprint density at radius 3 is 2.70 bits per heavy atom. The summed E-state index contributed by atoms with van der Waals surface area (Å²) in [5.41, 5.74) is 6.70. The van der Waals surface area contributed by atoms with Crippen LogP contribution in [0.25, 0.3) is 0 Å². The standard InChI is InChI=1S/C16H25BrN2O/c1-2-15(14-11-13(17)3-4-16(14)20)19-9-6-12(5-8-18)7-10-19/h3-4,11-12,15,20H,2,5-10,18H2,1H3. The fraction of sp³-hybridized carbons (Fsp3) is 0.625. The van der Waals surface area contributed by atoms with Crippen LogP contribution in [0.4, 0.5) is 0 Å². The largest absolute Gasteiger partial charge is 0.508 e. The van der Waals surface area contributed by atoms with Crippen LogP contribution in [-0.2, 0) is 0 Å². The van der Waals surface area contributed by atoms with Crippen molar-refractivity contribution in [2.24, 2.45) is 11.7 Å². The molecule has 1 aromatic rings. The lowest BCUT2D eigenvalue weighted by atomic mass is 9.91. The third-order valence-electron chi connectivity index (χ3n) is 4.40. The second kappa shape index (κ2) is 7.43. The number of likely N-dealkylation sites (tertiary alicyclic amines) is 1. The maximum Gasteiger partial charge on any atom is 0.120 e. The number of hydrogen-bond donors (Lipinski definition) is 2. The van der Waals surface area contributed by atoms with Crippen LogP contribution in [0, 0.1) is 5.92 Å². The number of nitrogens with zero attached hydrogens (tertiary/aromatic N) is 1. The van der Waals surface area contributed by atoms with Crippen LogP contribution in [0.5, 0.6) is 5.75 Å². The molecule has 0 radical (unpaired) electrons. The predicted molar refractivity (Wildman–Crippen MR) is 86.8 cm³/mol. The van der Waals surface area contributed by atoms with Crippen molar-refractivity contribution in [2.45, 2.75) is 38.6 Å². The highest BCUT2D eigenvalue weighted by molar-refractivity contribution is 9.10. The minimum absolute atomic E-state index is 0.311. The Kier molecular flexibility index (Phi) is 5.87. The van der Waals surface area contributed by atoms with Crippen molar-refractivity contribution in [3.8, 4) is 5.75 Å². The molecule has 1 unspecified atom stereocenters. The van der Waals surface area contributed by atoms with E-state index in [-0.39, 0.29) is 0 Å². The van der Waals surface area contributed by atoms with E-state index in [0.717, 1.165) is 48.4 Å². The van der Waals surface area contributed by atoms with Gasteiger partial charge in [0.15, 0.2) is 0 Å². The molecule has 1 aliphatic rings. The highest BCUT2D eigenvalue weighted by atomic mass is 79.9. The van der Waals surface area contributed by atoms with Gasteiger partial charge in [0.1, 0.15) is 5.75 Å². The molecule has 4 heteroatoms. The summed E-state index contributed by atoms with van der Waals surface area (Å²) >= 11 is 3.50. The van der Waals surface area contributed by atoms with E-state index in [0.29, 0.717) is 11.8 Å². The van der Waals surface area contributed by atoms with E-state index < -0.39 is 0 Å². The summed E-state index contributed by atoms with van der Waals surface area (Å²) in [5, 5.41) is 10.1. The molecule has 1 atom stereocenters. The van der Waals surface area contributed by atoms with Crippen LogP contribution < -0.4 is 5.73 Å². The first-order valence-electron chi connectivity index (χ1n) is 7.58. The minimum atomic E-state index is 0.311. The van der Waals surface area contributed by atoms with Crippen molar-refractivity contribution in [2.75, 3.05) is 19.6 Å². The van der Waals surface area contributed by atoms with E-state index in [1.54, 1.807) is 6.07 Å². The van der Waals surface area contributed by atoms with Gasteiger partial charge in [-0.15, -0.1) is 0 Å². The van der Waals surface area contributed by atoms with Crippen LogP contribution in [0.3, 0.4) is 0 Å². The number of halogens is 1. The van der Waals surface area contributed by atoms with Crippen molar-refractivity contribution >= 4 is 15.9 Å². The maximum absolute atomic E-state index is 10.1. The van der Waals surface area contributed by atoms with Crippen LogP contribution in [0.1, 0.15) is 44.2 Å². The summed E-state index contributed by atoms with van der Waals surface area (Å²) in [6, 6.07) is 6.03. The van der Waals surface area contributed by atoms with E-state index in [4.69, 9.17) is 5.73 Å². The Morgan fingerprint density at radius 1 is 1.40 bits per heavy atom. The molecular weight excluding hydrogens is 316 g/mol. The number of rotatable bonds is 5. The lowest BCUT2D eigenvalue weighted by Crippen LogP contribution is -2.37. The second-order valence-corrected chi connectivity index (χ2v) is 6.60. The van der Waals surface area contributed by atoms with Gasteiger partial charge in [0.05, 0.1) is 0 Å². The zero-order chi connectivity index (χ0) is 14.5. The van der Waals surface area contributed by atoms with E-state index in [2.05, 4.69) is 33.8 Å². The number of nitrogens with two attached hydrogens (primary N) is 1. The van der Waals surface area contributed by atoms with Crippen LogP contribution in [0.15, 0.2) is 22.7 Å². The van der Waals surface area contributed by atoms with E-state index >= 15 is 0 Å². The average Bonchev–Trinajstić information content (AvgIpc) is 2.45. The first-order chi connectivity index (χ1) is 9.65. The summed E-state index contributed by atoms with van der Waals surface area (Å²) in [6.45, 7) is 5.20. The molecule has 0 saturated carbocycles. The van der Waals surface area contributed by atoms with Crippen LogP contribution in [-0.4, -0.2) is 29.6 Å². The van der Waals surface area contributed by atoms with E-state index in [9.17, 15) is 5.11 Å². The van der Waals surface area contributed by atoms with Gasteiger partial charge in [0.2, 0.25) is 0 Å². The third-order valence-corrected chi connectivity index (χ3v) is 4.89. The van der Waals surface area contributed by atoms with Crippen molar-refractivity contribution in [3.63, 3.8) is 0 Å². The third kappa shape index (κ3) is 3.74. The highest BCUT2D eigenvalue weighted by Crippen LogP contribution is 2.35. The number of hydrogen-bond acceptors (Lipinski definition) is 3. The quantitative estimate of drug-likeness (QED) is 0.859. The van der Waals surface area contributed by atoms with Gasteiger partial charge in [-0.25, -0.2) is 0 Å². The predicted octanol–water partition coefficient (Wildman–Crippen LogP) is 3.67. The summed E-state index contributed by atoms with van der Waals surface area (Å²) in [6.07, 6.45) is 4.61. The molecule has 1 saturated heterocycles. The fourth-order valence-corrected chi connectivity index (χ4v) is 3.63. The monoisotopic (exact) mass is 340 g/mol. The summed E-state index contributed by atoms with van der Waals surface area (Å²) in [7, 11) is 0. The molecule has 1 aromatic carbocycles. The normalized spacial score (nSPS) is 19.1.